The number of phenols is 2. The summed E-state index contributed by atoms with van der Waals surface area (Å²) in [6, 6.07) is 9.71. The number of methoxy groups -OCH3 is 2. The molecule has 0 spiro atoms. The quantitative estimate of drug-likeness (QED) is 0.175. The molecule has 42 heavy (non-hydrogen) atoms. The second kappa shape index (κ2) is 13.3. The predicted molar refractivity (Wildman–Crippen MR) is 166 cm³/mol. The maximum absolute atomic E-state index is 13.9. The van der Waals surface area contributed by atoms with E-state index >= 15 is 0 Å². The number of rotatable bonds is 10. The van der Waals surface area contributed by atoms with Gasteiger partial charge in [-0.15, -0.1) is 0 Å². The van der Waals surface area contributed by atoms with Crippen LogP contribution in [0.3, 0.4) is 0 Å². The first kappa shape index (κ1) is 30.9. The second-order valence-electron chi connectivity index (χ2n) is 11.9. The van der Waals surface area contributed by atoms with E-state index < -0.39 is 5.92 Å². The van der Waals surface area contributed by atoms with Gasteiger partial charge in [0.25, 0.3) is 0 Å². The van der Waals surface area contributed by atoms with Gasteiger partial charge in [0, 0.05) is 0 Å². The minimum atomic E-state index is -0.876. The Morgan fingerprint density at radius 3 is 1.88 bits per heavy atom. The molecule has 5 atom stereocenters. The molecule has 2 aromatic rings. The fourth-order valence-electron chi connectivity index (χ4n) is 6.71. The third kappa shape index (κ3) is 6.87. The molecular formula is C36H42O6. The van der Waals surface area contributed by atoms with Gasteiger partial charge in [-0.2, -0.15) is 0 Å². The van der Waals surface area contributed by atoms with Crippen molar-refractivity contribution in [3.8, 4) is 23.0 Å². The van der Waals surface area contributed by atoms with Gasteiger partial charge in [0.2, 0.25) is 0 Å². The lowest BCUT2D eigenvalue weighted by Gasteiger charge is -2.47. The average Bonchev–Trinajstić information content (AvgIpc) is 2.95. The molecule has 6 heteroatoms. The van der Waals surface area contributed by atoms with Crippen molar-refractivity contribution in [1.29, 1.82) is 0 Å². The van der Waals surface area contributed by atoms with Crippen LogP contribution in [0.1, 0.15) is 51.7 Å². The Bertz CT molecular complexity index is 1370. The molecule has 0 saturated heterocycles. The zero-order valence-corrected chi connectivity index (χ0v) is 25.3. The molecule has 1 saturated carbocycles. The summed E-state index contributed by atoms with van der Waals surface area (Å²) in [6.45, 7) is 8.66. The molecule has 5 unspecified atom stereocenters. The van der Waals surface area contributed by atoms with Gasteiger partial charge in [0.1, 0.15) is 0 Å². The van der Waals surface area contributed by atoms with Gasteiger partial charge in [-0.25, -0.2) is 0 Å². The number of benzene rings is 2. The van der Waals surface area contributed by atoms with Crippen LogP contribution in [0.4, 0.5) is 0 Å². The number of carbonyl (C=O) groups is 2. The first-order valence-corrected chi connectivity index (χ1v) is 14.5. The Balaban J connectivity index is 1.70. The zero-order chi connectivity index (χ0) is 30.6. The van der Waals surface area contributed by atoms with E-state index in [4.69, 9.17) is 9.47 Å². The van der Waals surface area contributed by atoms with E-state index in [9.17, 15) is 19.8 Å². The van der Waals surface area contributed by atoms with Crippen molar-refractivity contribution in [2.24, 2.45) is 35.5 Å². The van der Waals surface area contributed by atoms with Crippen LogP contribution in [-0.4, -0.2) is 36.0 Å². The number of ketones is 2. The lowest BCUT2D eigenvalue weighted by Crippen LogP contribution is -2.43. The monoisotopic (exact) mass is 570 g/mol. The number of carbonyl (C=O) groups excluding carboxylic acids is 2. The highest BCUT2D eigenvalue weighted by Crippen LogP contribution is 2.51. The van der Waals surface area contributed by atoms with Gasteiger partial charge in [-0.1, -0.05) is 54.5 Å². The standard InChI is InChI=1S/C36H42O6/c1-21(2)15-26-16-22(3)28-20-27(26)23(4)17-29(28)36(32(39)13-9-24-7-11-30(37)34(18-24)41-5)33(40)14-10-25-8-12-31(38)35(19-25)42-6/h7-15,17-19,22,26-29,36-38H,16,20H2,1-6H3. The van der Waals surface area contributed by atoms with E-state index in [1.165, 1.54) is 49.7 Å². The Kier molecular flexibility index (Phi) is 9.77. The van der Waals surface area contributed by atoms with Crippen molar-refractivity contribution in [3.63, 3.8) is 0 Å². The summed E-state index contributed by atoms with van der Waals surface area (Å²) >= 11 is 0. The van der Waals surface area contributed by atoms with Crippen LogP contribution in [0, 0.1) is 35.5 Å². The summed E-state index contributed by atoms with van der Waals surface area (Å²) in [6.07, 6.45) is 12.8. The third-order valence-electron chi connectivity index (χ3n) is 8.79. The van der Waals surface area contributed by atoms with Crippen molar-refractivity contribution >= 4 is 23.7 Å². The van der Waals surface area contributed by atoms with Gasteiger partial charge in [0.15, 0.2) is 34.6 Å². The van der Waals surface area contributed by atoms with E-state index in [-0.39, 0.29) is 34.9 Å². The molecule has 0 amide bonds. The van der Waals surface area contributed by atoms with Gasteiger partial charge in [0.05, 0.1) is 20.1 Å². The van der Waals surface area contributed by atoms with Crippen LogP contribution in [0.25, 0.3) is 12.2 Å². The number of aromatic hydroxyl groups is 2. The Hall–Kier alpha value is -4.06. The molecule has 0 aromatic heterocycles. The number of hydrogen-bond acceptors (Lipinski definition) is 6. The number of hydrogen-bond donors (Lipinski definition) is 2. The maximum Gasteiger partial charge on any atom is 0.167 e. The molecule has 1 fully saturated rings. The topological polar surface area (TPSA) is 93.1 Å². The molecule has 0 heterocycles. The zero-order valence-electron chi connectivity index (χ0n) is 25.3. The van der Waals surface area contributed by atoms with Crippen molar-refractivity contribution in [2.45, 2.75) is 40.5 Å². The van der Waals surface area contributed by atoms with E-state index in [0.717, 1.165) is 12.8 Å². The number of fused-ring (bicyclic) bond motifs is 2. The lowest BCUT2D eigenvalue weighted by atomic mass is 9.56. The molecule has 2 bridgehead atoms. The highest BCUT2D eigenvalue weighted by molar-refractivity contribution is 6.14. The molecule has 2 N–H and O–H groups in total. The van der Waals surface area contributed by atoms with Crippen LogP contribution in [0.2, 0.25) is 0 Å². The fourth-order valence-corrected chi connectivity index (χ4v) is 6.71. The number of allylic oxidation sites excluding steroid dienone is 6. The van der Waals surface area contributed by atoms with Crippen LogP contribution >= 0.6 is 0 Å². The molecule has 2 aliphatic carbocycles. The average molecular weight is 571 g/mol. The lowest BCUT2D eigenvalue weighted by molar-refractivity contribution is -0.130. The Labute approximate surface area is 249 Å². The summed E-state index contributed by atoms with van der Waals surface area (Å²) in [4.78, 5) is 27.8. The van der Waals surface area contributed by atoms with E-state index in [1.54, 1.807) is 36.4 Å². The minimum Gasteiger partial charge on any atom is -0.504 e. The normalized spacial score (nSPS) is 24.2. The highest BCUT2D eigenvalue weighted by atomic mass is 16.5. The van der Waals surface area contributed by atoms with E-state index in [1.807, 2.05) is 0 Å². The molecule has 0 aliphatic heterocycles. The molecule has 222 valence electrons. The summed E-state index contributed by atoms with van der Waals surface area (Å²) in [5.74, 6) is 0.489. The van der Waals surface area contributed by atoms with Crippen molar-refractivity contribution in [3.05, 3.63) is 83.0 Å². The van der Waals surface area contributed by atoms with Gasteiger partial charge < -0.3 is 19.7 Å². The van der Waals surface area contributed by atoms with Crippen LogP contribution < -0.4 is 9.47 Å². The van der Waals surface area contributed by atoms with E-state index in [2.05, 4.69) is 39.8 Å². The Morgan fingerprint density at radius 2 is 1.40 bits per heavy atom. The number of ether oxygens (including phenoxy) is 2. The molecule has 2 aliphatic rings. The summed E-state index contributed by atoms with van der Waals surface area (Å²) in [5, 5.41) is 19.9. The molecule has 2 aromatic carbocycles. The first-order valence-electron chi connectivity index (χ1n) is 14.5. The summed E-state index contributed by atoms with van der Waals surface area (Å²) in [5.41, 5.74) is 3.93. The minimum absolute atomic E-state index is 0.0140. The van der Waals surface area contributed by atoms with Crippen molar-refractivity contribution in [1.82, 2.24) is 0 Å². The Morgan fingerprint density at radius 1 is 0.881 bits per heavy atom. The first-order chi connectivity index (χ1) is 20.0. The molecule has 6 nitrogen and oxygen atoms in total. The van der Waals surface area contributed by atoms with Gasteiger partial charge in [-0.3, -0.25) is 9.59 Å². The summed E-state index contributed by atoms with van der Waals surface area (Å²) in [7, 11) is 2.94. The second-order valence-corrected chi connectivity index (χ2v) is 11.9. The molecular weight excluding hydrogens is 528 g/mol. The van der Waals surface area contributed by atoms with Gasteiger partial charge >= 0.3 is 0 Å². The predicted octanol–water partition coefficient (Wildman–Crippen LogP) is 7.42. The fraction of sp³-hybridized carbons (Fsp3) is 0.389. The smallest absolute Gasteiger partial charge is 0.167 e. The van der Waals surface area contributed by atoms with Crippen molar-refractivity contribution < 1.29 is 29.3 Å². The van der Waals surface area contributed by atoms with Gasteiger partial charge in [-0.05, 0) is 111 Å². The van der Waals surface area contributed by atoms with Crippen LogP contribution in [0.5, 0.6) is 23.0 Å². The summed E-state index contributed by atoms with van der Waals surface area (Å²) < 4.78 is 10.4. The van der Waals surface area contributed by atoms with Crippen LogP contribution in [0.15, 0.2) is 71.8 Å². The highest BCUT2D eigenvalue weighted by Gasteiger charge is 2.46. The third-order valence-corrected chi connectivity index (χ3v) is 8.79. The van der Waals surface area contributed by atoms with Crippen LogP contribution in [-0.2, 0) is 9.59 Å². The van der Waals surface area contributed by atoms with Crippen molar-refractivity contribution in [2.75, 3.05) is 14.2 Å². The maximum atomic E-state index is 13.9. The molecule has 0 radical (unpaired) electrons. The SMILES string of the molecule is COc1cc(C=CC(=O)C(C(=O)C=Cc2ccc(O)c(OC)c2)C2C=C(C)C3CC2C(C)CC3C=C(C)C)ccc1O. The molecule has 4 rings (SSSR count). The number of phenolic OH excluding ortho intramolecular Hbond substituents is 2. The largest absolute Gasteiger partial charge is 0.504 e. The van der Waals surface area contributed by atoms with E-state index in [0.29, 0.717) is 40.4 Å².